The fraction of sp³-hybridized carbons (Fsp3) is 0.816. The molecule has 41 heavy (non-hydrogen) atoms. The van der Waals surface area contributed by atoms with Gasteiger partial charge in [-0.15, -0.1) is 35.3 Å². The summed E-state index contributed by atoms with van der Waals surface area (Å²) in [6, 6.07) is 4.97. The lowest BCUT2D eigenvalue weighted by Gasteiger charge is -2.16. The molecular weight excluding hydrogens is 553 g/mol. The van der Waals surface area contributed by atoms with Crippen molar-refractivity contribution in [2.45, 2.75) is 196 Å². The summed E-state index contributed by atoms with van der Waals surface area (Å²) in [5, 5.41) is 0. The molecule has 0 amide bonds. The Bertz CT molecular complexity index is 643. The number of benzene rings is 1. The van der Waals surface area contributed by atoms with E-state index in [2.05, 4.69) is 75.1 Å². The molecule has 0 aliphatic rings. The van der Waals surface area contributed by atoms with E-state index in [0.717, 1.165) is 6.42 Å². The molecule has 0 spiro atoms. The van der Waals surface area contributed by atoms with Crippen LogP contribution >= 0.6 is 35.3 Å². The number of hydrogen-bond donors (Lipinski definition) is 0. The molecule has 0 aliphatic carbocycles. The lowest BCUT2D eigenvalue weighted by atomic mass is 10.1. The van der Waals surface area contributed by atoms with E-state index >= 15 is 0 Å². The van der Waals surface area contributed by atoms with Crippen LogP contribution in [0.5, 0.6) is 0 Å². The zero-order chi connectivity index (χ0) is 29.6. The molecule has 0 aliphatic heterocycles. The Balaban J connectivity index is 2.60. The fourth-order valence-corrected chi connectivity index (χ4v) is 9.19. The number of rotatable bonds is 31. The molecule has 0 heterocycles. The van der Waals surface area contributed by atoms with Crippen molar-refractivity contribution in [2.24, 2.45) is 0 Å². The summed E-state index contributed by atoms with van der Waals surface area (Å²) in [6.07, 6.45) is 34.6. The van der Waals surface area contributed by atoms with Crippen LogP contribution in [0.2, 0.25) is 0 Å². The van der Waals surface area contributed by atoms with Gasteiger partial charge in [0.2, 0.25) is 0 Å². The third-order valence-electron chi connectivity index (χ3n) is 8.12. The minimum atomic E-state index is 0.902. The van der Waals surface area contributed by atoms with Gasteiger partial charge in [0.1, 0.15) is 0 Å². The molecule has 1 rings (SSSR count). The highest BCUT2D eigenvalue weighted by atomic mass is 32.2. The fourth-order valence-electron chi connectivity index (χ4n) is 5.38. The largest absolute Gasteiger partial charge is 0.125 e. The Hall–Kier alpha value is 0.270. The average molecular weight is 622 g/mol. The van der Waals surface area contributed by atoms with Crippen LogP contribution in [-0.2, 0) is 6.42 Å². The van der Waals surface area contributed by atoms with Crippen molar-refractivity contribution in [1.82, 2.24) is 0 Å². The summed E-state index contributed by atoms with van der Waals surface area (Å²) in [6.45, 7) is 11.2. The molecule has 0 bridgehead atoms. The second-order valence-corrected chi connectivity index (χ2v) is 15.5. The highest BCUT2D eigenvalue weighted by Crippen LogP contribution is 2.41. The lowest BCUT2D eigenvalue weighted by Crippen LogP contribution is -1.94. The number of hydrogen-bond acceptors (Lipinski definition) is 3. The molecule has 1 radical (unpaired) electrons. The molecule has 1 aromatic carbocycles. The van der Waals surface area contributed by atoms with E-state index in [1.54, 1.807) is 14.7 Å². The first-order valence-electron chi connectivity index (χ1n) is 18.1. The van der Waals surface area contributed by atoms with Gasteiger partial charge >= 0.3 is 0 Å². The smallest absolute Gasteiger partial charge is 0.0344 e. The van der Waals surface area contributed by atoms with Gasteiger partial charge in [0.05, 0.1) is 0 Å². The quantitative estimate of drug-likeness (QED) is 0.0598. The van der Waals surface area contributed by atoms with E-state index < -0.39 is 0 Å². The first kappa shape index (κ1) is 39.3. The molecule has 0 saturated carbocycles. The summed E-state index contributed by atoms with van der Waals surface area (Å²) in [5.41, 5.74) is 1.43. The maximum Gasteiger partial charge on any atom is 0.0344 e. The van der Waals surface area contributed by atoms with Gasteiger partial charge in [-0.2, -0.15) is 0 Å². The Morgan fingerprint density at radius 3 is 1.02 bits per heavy atom. The second kappa shape index (κ2) is 30.3. The molecule has 239 valence electrons. The third-order valence-corrected chi connectivity index (χ3v) is 11.9. The van der Waals surface area contributed by atoms with Gasteiger partial charge in [0.25, 0.3) is 0 Å². The minimum Gasteiger partial charge on any atom is -0.125 e. The molecule has 3 heteroatoms. The summed E-state index contributed by atoms with van der Waals surface area (Å²) < 4.78 is 0. The van der Waals surface area contributed by atoms with Crippen molar-refractivity contribution in [3.63, 3.8) is 0 Å². The normalized spacial score (nSPS) is 11.5. The van der Waals surface area contributed by atoms with Gasteiger partial charge in [-0.1, -0.05) is 156 Å². The van der Waals surface area contributed by atoms with E-state index in [1.165, 1.54) is 177 Å². The lowest BCUT2D eigenvalue weighted by molar-refractivity contribution is 0.586. The van der Waals surface area contributed by atoms with Crippen LogP contribution in [0.4, 0.5) is 0 Å². The van der Waals surface area contributed by atoms with E-state index in [4.69, 9.17) is 0 Å². The average Bonchev–Trinajstić information content (AvgIpc) is 2.99. The van der Waals surface area contributed by atoms with E-state index in [9.17, 15) is 0 Å². The summed E-state index contributed by atoms with van der Waals surface area (Å²) in [7, 11) is 0. The molecule has 0 aromatic heterocycles. The highest BCUT2D eigenvalue weighted by Gasteiger charge is 2.13. The van der Waals surface area contributed by atoms with Gasteiger partial charge in [0.15, 0.2) is 0 Å². The van der Waals surface area contributed by atoms with Crippen LogP contribution in [0.1, 0.15) is 180 Å². The van der Waals surface area contributed by atoms with Crippen LogP contribution in [-0.4, -0.2) is 17.3 Å². The molecule has 0 atom stereocenters. The van der Waals surface area contributed by atoms with Crippen LogP contribution in [0.25, 0.3) is 0 Å². The van der Waals surface area contributed by atoms with Crippen LogP contribution in [0.15, 0.2) is 26.8 Å². The van der Waals surface area contributed by atoms with Crippen LogP contribution < -0.4 is 0 Å². The number of unbranched alkanes of at least 4 members (excludes halogenated alkanes) is 21. The van der Waals surface area contributed by atoms with Crippen molar-refractivity contribution in [3.8, 4) is 0 Å². The summed E-state index contributed by atoms with van der Waals surface area (Å²) >= 11 is 6.44. The van der Waals surface area contributed by atoms with Gasteiger partial charge in [0, 0.05) is 14.7 Å². The van der Waals surface area contributed by atoms with E-state index in [0.29, 0.717) is 0 Å². The van der Waals surface area contributed by atoms with Crippen LogP contribution in [0, 0.1) is 6.92 Å². The highest BCUT2D eigenvalue weighted by molar-refractivity contribution is 8.03. The van der Waals surface area contributed by atoms with Gasteiger partial charge in [-0.3, -0.25) is 0 Å². The zero-order valence-electron chi connectivity index (χ0n) is 27.9. The SMILES string of the molecule is [CH2]Cc1cc(SCCCCCCCCCC)c(SCCCCCCCCCC)c(SCCCCCCCCCC)c1. The van der Waals surface area contributed by atoms with Crippen molar-refractivity contribution in [2.75, 3.05) is 17.3 Å². The first-order valence-corrected chi connectivity index (χ1v) is 21.1. The maximum atomic E-state index is 4.27. The monoisotopic (exact) mass is 621 g/mol. The summed E-state index contributed by atoms with van der Waals surface area (Å²) in [4.78, 5) is 4.70. The number of thioether (sulfide) groups is 3. The molecule has 0 unspecified atom stereocenters. The van der Waals surface area contributed by atoms with Crippen molar-refractivity contribution >= 4 is 35.3 Å². The molecule has 0 nitrogen and oxygen atoms in total. The minimum absolute atomic E-state index is 0.902. The Labute approximate surface area is 271 Å². The first-order chi connectivity index (χ1) is 20.3. The van der Waals surface area contributed by atoms with Crippen molar-refractivity contribution < 1.29 is 0 Å². The molecule has 0 fully saturated rings. The second-order valence-electron chi connectivity index (χ2n) is 12.1. The van der Waals surface area contributed by atoms with E-state index in [1.807, 2.05) is 0 Å². The predicted molar refractivity (Wildman–Crippen MR) is 196 cm³/mol. The van der Waals surface area contributed by atoms with Crippen molar-refractivity contribution in [3.05, 3.63) is 24.6 Å². The van der Waals surface area contributed by atoms with Gasteiger partial charge in [-0.05, 0) is 67.6 Å². The van der Waals surface area contributed by atoms with E-state index in [-0.39, 0.29) is 0 Å². The van der Waals surface area contributed by atoms with Crippen LogP contribution in [0.3, 0.4) is 0 Å². The molecule has 1 aromatic rings. The van der Waals surface area contributed by atoms with Crippen molar-refractivity contribution in [1.29, 1.82) is 0 Å². The Morgan fingerprint density at radius 2 is 0.707 bits per heavy atom. The third kappa shape index (κ3) is 22.4. The Kier molecular flexibility index (Phi) is 29.0. The zero-order valence-corrected chi connectivity index (χ0v) is 30.3. The molecule has 0 N–H and O–H groups in total. The molecular formula is C38H69S3. The standard InChI is InChI=1S/C38H69S3/c1-5-9-12-15-18-21-24-27-30-39-36-33-35(8-4)34-37(40-31-28-25-22-19-16-13-10-6-2)38(36)41-32-29-26-23-20-17-14-11-7-3/h33-34H,4-32H2,1-3H3. The maximum absolute atomic E-state index is 4.27. The summed E-state index contributed by atoms with van der Waals surface area (Å²) in [5.74, 6) is 3.81. The van der Waals surface area contributed by atoms with Gasteiger partial charge < -0.3 is 0 Å². The Morgan fingerprint density at radius 1 is 0.415 bits per heavy atom. The molecule has 0 saturated heterocycles. The topological polar surface area (TPSA) is 0 Å². The predicted octanol–water partition coefficient (Wildman–Crippen LogP) is 14.8. The van der Waals surface area contributed by atoms with Gasteiger partial charge in [-0.25, -0.2) is 0 Å².